The summed E-state index contributed by atoms with van der Waals surface area (Å²) in [6, 6.07) is 34.4. The average Bonchev–Trinajstić information content (AvgIpc) is 1.60. The molecule has 3 aromatic heterocycles. The van der Waals surface area contributed by atoms with Gasteiger partial charge in [-0.05, 0) is 173 Å². The van der Waals surface area contributed by atoms with Gasteiger partial charge in [-0.3, -0.25) is 0 Å². The summed E-state index contributed by atoms with van der Waals surface area (Å²) >= 11 is 0. The van der Waals surface area contributed by atoms with Crippen molar-refractivity contribution in [2.24, 2.45) is 0 Å². The Kier molecular flexibility index (Phi) is 46.3. The summed E-state index contributed by atoms with van der Waals surface area (Å²) < 4.78 is 52.9. The fourth-order valence-electron chi connectivity index (χ4n) is 17.1. The van der Waals surface area contributed by atoms with Crippen LogP contribution in [0.4, 0.5) is 0 Å². The van der Waals surface area contributed by atoms with Crippen LogP contribution in [0.3, 0.4) is 0 Å². The van der Waals surface area contributed by atoms with E-state index in [2.05, 4.69) is 159 Å². The Morgan fingerprint density at radius 1 is 0.192 bits per heavy atom. The van der Waals surface area contributed by atoms with Crippen LogP contribution in [0.1, 0.15) is 386 Å². The molecule has 12 heteroatoms. The van der Waals surface area contributed by atoms with Gasteiger partial charge in [0.25, 0.3) is 0 Å². The maximum atomic E-state index is 6.66. The molecule has 0 amide bonds. The number of aromatic nitrogens is 4. The van der Waals surface area contributed by atoms with Crippen molar-refractivity contribution in [1.82, 2.24) is 19.9 Å². The van der Waals surface area contributed by atoms with E-state index >= 15 is 0 Å². The van der Waals surface area contributed by atoms with Gasteiger partial charge in [0.05, 0.1) is 75.6 Å². The molecule has 0 saturated heterocycles. The number of hydrogen-bond donors (Lipinski definition) is 2. The molecule has 0 radical (unpaired) electrons. The zero-order valence-corrected chi connectivity index (χ0v) is 76.3. The van der Waals surface area contributed by atoms with E-state index in [-0.39, 0.29) is 0 Å². The second kappa shape index (κ2) is 58.0. The van der Waals surface area contributed by atoms with Crippen molar-refractivity contribution in [3.8, 4) is 90.5 Å². The fraction of sp³-hybridized carbons (Fsp3) is 0.593. The second-order valence-corrected chi connectivity index (χ2v) is 33.8. The van der Waals surface area contributed by atoms with Crippen LogP contribution >= 0.6 is 0 Å². The van der Waals surface area contributed by atoms with Gasteiger partial charge >= 0.3 is 0 Å². The first-order valence-corrected chi connectivity index (χ1v) is 49.1. The molecule has 0 saturated carbocycles. The predicted molar refractivity (Wildman–Crippen MR) is 512 cm³/mol. The highest BCUT2D eigenvalue weighted by Gasteiger charge is 2.24. The second-order valence-electron chi connectivity index (χ2n) is 33.8. The number of fused-ring (bicyclic) bond motifs is 8. The Hall–Kier alpha value is -8.12. The van der Waals surface area contributed by atoms with E-state index < -0.39 is 0 Å². The third-order valence-electron chi connectivity index (χ3n) is 23.9. The zero-order valence-electron chi connectivity index (χ0n) is 76.3. The number of nitrogens with zero attached hydrogens (tertiary/aromatic N) is 2. The molecule has 8 bridgehead atoms. The molecule has 4 aromatic carbocycles. The van der Waals surface area contributed by atoms with Gasteiger partial charge in [0.1, 0.15) is 0 Å². The zero-order chi connectivity index (χ0) is 84.1. The molecule has 2 aliphatic heterocycles. The van der Waals surface area contributed by atoms with Crippen LogP contribution in [0.25, 0.3) is 90.9 Å². The van der Waals surface area contributed by atoms with E-state index in [1.165, 1.54) is 257 Å². The lowest BCUT2D eigenvalue weighted by molar-refractivity contribution is 0.270. The molecule has 0 fully saturated rings. The molecule has 12 nitrogen and oxygen atoms in total. The predicted octanol–water partition coefficient (Wildman–Crippen LogP) is 33.2. The summed E-state index contributed by atoms with van der Waals surface area (Å²) in [5.41, 5.74) is 14.0. The number of hydrogen-bond acceptors (Lipinski definition) is 10. The maximum Gasteiger partial charge on any atom is 0.161 e. The summed E-state index contributed by atoms with van der Waals surface area (Å²) in [6.45, 7) is 21.8. The summed E-state index contributed by atoms with van der Waals surface area (Å²) in [5, 5.41) is 0. The molecule has 2 aliphatic rings. The minimum Gasteiger partial charge on any atom is -0.490 e. The van der Waals surface area contributed by atoms with E-state index in [0.29, 0.717) is 75.9 Å². The lowest BCUT2D eigenvalue weighted by Crippen LogP contribution is -2.02. The number of benzene rings is 4. The topological polar surface area (TPSA) is 131 Å². The van der Waals surface area contributed by atoms with E-state index in [4.69, 9.17) is 47.9 Å². The molecular weight excluding hydrogens is 1480 g/mol. The summed E-state index contributed by atoms with van der Waals surface area (Å²) in [4.78, 5) is 19.6. The molecule has 2 N–H and O–H groups in total. The molecule has 0 spiro atoms. The van der Waals surface area contributed by atoms with Crippen molar-refractivity contribution < 1.29 is 37.9 Å². The molecule has 120 heavy (non-hydrogen) atoms. The smallest absolute Gasteiger partial charge is 0.161 e. The first-order valence-electron chi connectivity index (χ1n) is 49.1. The normalized spacial score (nSPS) is 11.8. The van der Waals surface area contributed by atoms with Crippen LogP contribution in [0, 0.1) is 0 Å². The highest BCUT2D eigenvalue weighted by atomic mass is 16.5. The Morgan fingerprint density at radius 3 is 0.542 bits per heavy atom. The Labute approximate surface area is 726 Å². The minimum atomic E-state index is 0.481. The quantitative estimate of drug-likeness (QED) is 0.0355. The van der Waals surface area contributed by atoms with Gasteiger partial charge in [0.2, 0.25) is 0 Å². The highest BCUT2D eigenvalue weighted by Crippen LogP contribution is 2.45. The van der Waals surface area contributed by atoms with Crippen LogP contribution in [-0.4, -0.2) is 72.8 Å². The number of rotatable bonds is 68. The lowest BCUT2D eigenvalue weighted by Gasteiger charge is -2.15. The van der Waals surface area contributed by atoms with Gasteiger partial charge in [-0.15, -0.1) is 0 Å². The molecular formula is C108H158N4O8. The van der Waals surface area contributed by atoms with Crippen LogP contribution in [0.2, 0.25) is 0 Å². The van der Waals surface area contributed by atoms with E-state index in [9.17, 15) is 0 Å². The van der Waals surface area contributed by atoms with Gasteiger partial charge in [0.15, 0.2) is 46.0 Å². The van der Waals surface area contributed by atoms with Crippen LogP contribution in [-0.2, 0) is 0 Å². The van der Waals surface area contributed by atoms with Gasteiger partial charge < -0.3 is 47.9 Å². The van der Waals surface area contributed by atoms with Gasteiger partial charge in [-0.1, -0.05) is 334 Å². The summed E-state index contributed by atoms with van der Waals surface area (Å²) in [6.07, 6.45) is 70.5. The van der Waals surface area contributed by atoms with Crippen LogP contribution in [0.5, 0.6) is 46.0 Å². The molecule has 0 aliphatic carbocycles. The Bertz CT molecular complexity index is 3720. The van der Waals surface area contributed by atoms with Crippen molar-refractivity contribution in [1.29, 1.82) is 0 Å². The third-order valence-corrected chi connectivity index (χ3v) is 23.9. The van der Waals surface area contributed by atoms with Gasteiger partial charge in [-0.25, -0.2) is 9.97 Å². The lowest BCUT2D eigenvalue weighted by atomic mass is 10.0. The molecule has 0 atom stereocenters. The van der Waals surface area contributed by atoms with Gasteiger partial charge in [-0.2, -0.15) is 0 Å². The first-order chi connectivity index (χ1) is 59.3. The van der Waals surface area contributed by atoms with Gasteiger partial charge in [0, 0.05) is 44.3 Å². The first kappa shape index (κ1) is 95.7. The molecule has 7 aromatic rings. The van der Waals surface area contributed by atoms with Crippen molar-refractivity contribution in [2.45, 2.75) is 364 Å². The Balaban J connectivity index is 1.12. The summed E-state index contributed by atoms with van der Waals surface area (Å²) in [7, 11) is 0. The molecule has 9 rings (SSSR count). The minimum absolute atomic E-state index is 0.481. The number of unbranched alkanes of at least 4 members (excludes halogenated alkanes) is 44. The fourth-order valence-corrected chi connectivity index (χ4v) is 17.1. The van der Waals surface area contributed by atoms with E-state index in [1.807, 2.05) is 27.7 Å². The van der Waals surface area contributed by atoms with Crippen molar-refractivity contribution in [3.05, 3.63) is 120 Å². The number of H-pyrrole nitrogens is 2. The standard InChI is InChI=1S/C108H158N4O8/c1-9-17-21-25-29-33-37-41-45-49-53-57-77-117-97-73-61-85(81-101(97)113-13-5)105-89-65-67-91(109-89)106(86-62-74-98(102(82-86)114-14-6)118-78-58-54-50-46-42-38-34-30-26-22-18-10-2)93-69-71-95(111-93)108(88-64-76-100(104(84-88)116-16-8)120-80-60-56-52-48-44-40-36-32-28-24-20-12-4)96-72-70-94(112-96)107(92-68-66-90(105)110-92)87-63-75-99(103(83-87)115-15-7)119-79-59-55-51-47-43-39-35-31-27-23-19-11-3/h61-76,81-84,109,112H,9-60,77-80H2,1-8H3. The monoisotopic (exact) mass is 1640 g/mol. The summed E-state index contributed by atoms with van der Waals surface area (Å²) in [5.74, 6) is 5.76. The highest BCUT2D eigenvalue weighted by molar-refractivity contribution is 6.00. The SMILES string of the molecule is CCCCCCCCCCCCCCOc1ccc(-c2c3nc(c(-c4ccc(OCCCCCCCCCCCCCC)c(OCC)c4)c4ccc([nH]4)c(-c4ccc(OCCCCCCCCCCCCCC)c(OCC)c4)c4nc(c(-c5ccc(OCCCCCCCCCCCCCC)c(OCC)c5)c5ccc2[nH]5)C=C4)C=C3)cc1OCC. The third kappa shape index (κ3) is 32.6. The molecule has 0 unspecified atom stereocenters. The molecule has 658 valence electrons. The maximum absolute atomic E-state index is 6.66. The number of ether oxygens (including phenoxy) is 8. The number of nitrogens with one attached hydrogen (secondary N) is 2. The van der Waals surface area contributed by atoms with Crippen LogP contribution in [0.15, 0.2) is 97.1 Å². The van der Waals surface area contributed by atoms with E-state index in [1.54, 1.807) is 0 Å². The van der Waals surface area contributed by atoms with E-state index in [0.717, 1.165) is 164 Å². The van der Waals surface area contributed by atoms with Crippen molar-refractivity contribution >= 4 is 46.4 Å². The molecule has 5 heterocycles. The Morgan fingerprint density at radius 2 is 0.367 bits per heavy atom. The van der Waals surface area contributed by atoms with Crippen molar-refractivity contribution in [2.75, 3.05) is 52.9 Å². The van der Waals surface area contributed by atoms with Crippen molar-refractivity contribution in [3.63, 3.8) is 0 Å². The average molecular weight is 1640 g/mol. The number of aromatic amines is 2. The largest absolute Gasteiger partial charge is 0.490 e. The van der Waals surface area contributed by atoms with Crippen LogP contribution < -0.4 is 37.9 Å².